The van der Waals surface area contributed by atoms with Gasteiger partial charge in [0.25, 0.3) is 5.91 Å². The third-order valence-corrected chi connectivity index (χ3v) is 3.93. The van der Waals surface area contributed by atoms with E-state index in [2.05, 4.69) is 10.3 Å². The molecular formula is C18H15ClN2O. The number of anilines is 1. The molecule has 3 aromatic rings. The lowest BCUT2D eigenvalue weighted by Gasteiger charge is -2.10. The minimum Gasteiger partial charge on any atom is -0.322 e. The molecule has 0 aliphatic rings. The number of para-hydroxylation sites is 1. The Hall–Kier alpha value is -2.39. The second kappa shape index (κ2) is 5.78. The average molecular weight is 311 g/mol. The molecular weight excluding hydrogens is 296 g/mol. The average Bonchev–Trinajstić information content (AvgIpc) is 2.50. The van der Waals surface area contributed by atoms with Crippen LogP contribution in [0.25, 0.3) is 10.9 Å². The number of nitrogens with zero attached hydrogens (tertiary/aromatic N) is 1. The summed E-state index contributed by atoms with van der Waals surface area (Å²) in [5.41, 5.74) is 3.89. The number of nitrogens with one attached hydrogen (secondary N) is 1. The summed E-state index contributed by atoms with van der Waals surface area (Å²) in [6.45, 7) is 3.81. The van der Waals surface area contributed by atoms with Gasteiger partial charge in [-0.25, -0.2) is 0 Å². The molecule has 0 unspecified atom stereocenters. The molecule has 22 heavy (non-hydrogen) atoms. The van der Waals surface area contributed by atoms with E-state index in [1.807, 2.05) is 50.2 Å². The molecule has 1 N–H and O–H groups in total. The van der Waals surface area contributed by atoms with Crippen molar-refractivity contribution in [2.24, 2.45) is 0 Å². The van der Waals surface area contributed by atoms with E-state index < -0.39 is 0 Å². The zero-order chi connectivity index (χ0) is 15.7. The topological polar surface area (TPSA) is 42.0 Å². The molecule has 0 atom stereocenters. The van der Waals surface area contributed by atoms with E-state index in [1.54, 1.807) is 12.1 Å². The first-order valence-corrected chi connectivity index (χ1v) is 7.36. The van der Waals surface area contributed by atoms with Crippen LogP contribution in [0.4, 0.5) is 5.69 Å². The molecule has 3 rings (SSSR count). The Morgan fingerprint density at radius 2 is 1.86 bits per heavy atom. The Kier molecular flexibility index (Phi) is 3.82. The first-order valence-electron chi connectivity index (χ1n) is 6.98. The molecule has 1 heterocycles. The van der Waals surface area contributed by atoms with Crippen molar-refractivity contribution in [1.82, 2.24) is 4.98 Å². The number of carbonyl (C=O) groups is 1. The number of aromatic nitrogens is 1. The van der Waals surface area contributed by atoms with Crippen LogP contribution in [0.1, 0.15) is 21.6 Å². The number of hydrogen-bond donors (Lipinski definition) is 1. The number of pyridine rings is 1. The lowest BCUT2D eigenvalue weighted by molar-refractivity contribution is 0.102. The Bertz CT molecular complexity index is 874. The molecule has 1 amide bonds. The Balaban J connectivity index is 2.00. The van der Waals surface area contributed by atoms with Gasteiger partial charge < -0.3 is 5.32 Å². The number of rotatable bonds is 2. The van der Waals surface area contributed by atoms with Crippen LogP contribution in [-0.4, -0.2) is 10.9 Å². The second-order valence-corrected chi connectivity index (χ2v) is 5.65. The fourth-order valence-electron chi connectivity index (χ4n) is 2.36. The third kappa shape index (κ3) is 2.81. The quantitative estimate of drug-likeness (QED) is 0.741. The summed E-state index contributed by atoms with van der Waals surface area (Å²) in [4.78, 5) is 17.0. The van der Waals surface area contributed by atoms with Crippen LogP contribution in [0, 0.1) is 13.8 Å². The molecule has 2 aromatic carbocycles. The van der Waals surface area contributed by atoms with Gasteiger partial charge in [0.1, 0.15) is 0 Å². The van der Waals surface area contributed by atoms with Crippen molar-refractivity contribution in [3.05, 3.63) is 70.4 Å². The van der Waals surface area contributed by atoms with Crippen molar-refractivity contribution >= 4 is 34.1 Å². The van der Waals surface area contributed by atoms with Gasteiger partial charge in [0.2, 0.25) is 0 Å². The van der Waals surface area contributed by atoms with Crippen LogP contribution in [0.2, 0.25) is 5.02 Å². The van der Waals surface area contributed by atoms with Crippen molar-refractivity contribution in [3.8, 4) is 0 Å². The van der Waals surface area contributed by atoms with Crippen LogP contribution in [0.15, 0.2) is 48.5 Å². The SMILES string of the molecule is Cc1cc(C(=O)Nc2ccc(C)c(Cl)c2)c2ccccc2n1. The van der Waals surface area contributed by atoms with Gasteiger partial charge in [-0.3, -0.25) is 9.78 Å². The third-order valence-electron chi connectivity index (χ3n) is 3.52. The largest absolute Gasteiger partial charge is 0.322 e. The molecule has 0 aliphatic heterocycles. The Morgan fingerprint density at radius 3 is 2.64 bits per heavy atom. The summed E-state index contributed by atoms with van der Waals surface area (Å²) in [6, 6.07) is 14.9. The summed E-state index contributed by atoms with van der Waals surface area (Å²) in [5, 5.41) is 4.36. The van der Waals surface area contributed by atoms with Crippen LogP contribution in [0.5, 0.6) is 0 Å². The lowest BCUT2D eigenvalue weighted by atomic mass is 10.1. The summed E-state index contributed by atoms with van der Waals surface area (Å²) < 4.78 is 0. The van der Waals surface area contributed by atoms with Gasteiger partial charge in [0.05, 0.1) is 11.1 Å². The van der Waals surface area contributed by atoms with Crippen LogP contribution in [0.3, 0.4) is 0 Å². The molecule has 0 fully saturated rings. The van der Waals surface area contributed by atoms with Crippen molar-refractivity contribution in [1.29, 1.82) is 0 Å². The lowest BCUT2D eigenvalue weighted by Crippen LogP contribution is -2.13. The Labute approximate surface area is 133 Å². The van der Waals surface area contributed by atoms with E-state index >= 15 is 0 Å². The van der Waals surface area contributed by atoms with Crippen molar-refractivity contribution in [3.63, 3.8) is 0 Å². The van der Waals surface area contributed by atoms with Gasteiger partial charge in [0, 0.05) is 21.8 Å². The summed E-state index contributed by atoms with van der Waals surface area (Å²) in [7, 11) is 0. The van der Waals surface area contributed by atoms with Crippen molar-refractivity contribution in [2.75, 3.05) is 5.32 Å². The highest BCUT2D eigenvalue weighted by molar-refractivity contribution is 6.31. The van der Waals surface area contributed by atoms with E-state index in [4.69, 9.17) is 11.6 Å². The highest BCUT2D eigenvalue weighted by Gasteiger charge is 2.12. The number of carbonyl (C=O) groups excluding carboxylic acids is 1. The minimum absolute atomic E-state index is 0.165. The predicted octanol–water partition coefficient (Wildman–Crippen LogP) is 4.76. The van der Waals surface area contributed by atoms with Crippen LogP contribution in [-0.2, 0) is 0 Å². The highest BCUT2D eigenvalue weighted by atomic mass is 35.5. The summed E-state index contributed by atoms with van der Waals surface area (Å²) >= 11 is 6.10. The van der Waals surface area contributed by atoms with Crippen molar-refractivity contribution in [2.45, 2.75) is 13.8 Å². The number of fused-ring (bicyclic) bond motifs is 1. The molecule has 0 saturated carbocycles. The number of hydrogen-bond acceptors (Lipinski definition) is 2. The first kappa shape index (κ1) is 14.5. The maximum Gasteiger partial charge on any atom is 0.256 e. The fourth-order valence-corrected chi connectivity index (χ4v) is 2.55. The molecule has 0 bridgehead atoms. The summed E-state index contributed by atoms with van der Waals surface area (Å²) in [6.07, 6.45) is 0. The van der Waals surface area contributed by atoms with Crippen LogP contribution < -0.4 is 5.32 Å². The van der Waals surface area contributed by atoms with E-state index in [1.165, 1.54) is 0 Å². The standard InChI is InChI=1S/C18H15ClN2O/c1-11-7-8-13(10-16(11)19)21-18(22)15-9-12(2)20-17-6-4-3-5-14(15)17/h3-10H,1-2H3,(H,21,22). The molecule has 0 spiro atoms. The molecule has 4 heteroatoms. The molecule has 1 aromatic heterocycles. The molecule has 0 saturated heterocycles. The van der Waals surface area contributed by atoms with E-state index in [-0.39, 0.29) is 5.91 Å². The number of benzene rings is 2. The number of aryl methyl sites for hydroxylation is 2. The number of halogens is 1. The van der Waals surface area contributed by atoms with Gasteiger partial charge in [-0.1, -0.05) is 35.9 Å². The van der Waals surface area contributed by atoms with E-state index in [0.29, 0.717) is 16.3 Å². The molecule has 0 radical (unpaired) electrons. The smallest absolute Gasteiger partial charge is 0.256 e. The minimum atomic E-state index is -0.165. The second-order valence-electron chi connectivity index (χ2n) is 5.25. The maximum atomic E-state index is 12.6. The van der Waals surface area contributed by atoms with Gasteiger partial charge in [0.15, 0.2) is 0 Å². The van der Waals surface area contributed by atoms with E-state index in [9.17, 15) is 4.79 Å². The van der Waals surface area contributed by atoms with Gasteiger partial charge in [-0.15, -0.1) is 0 Å². The fraction of sp³-hybridized carbons (Fsp3) is 0.111. The maximum absolute atomic E-state index is 12.6. The zero-order valence-electron chi connectivity index (χ0n) is 12.4. The molecule has 110 valence electrons. The van der Waals surface area contributed by atoms with Crippen molar-refractivity contribution < 1.29 is 4.79 Å². The predicted molar refractivity (Wildman–Crippen MR) is 90.6 cm³/mol. The Morgan fingerprint density at radius 1 is 1.09 bits per heavy atom. The van der Waals surface area contributed by atoms with E-state index in [0.717, 1.165) is 22.2 Å². The number of amides is 1. The highest BCUT2D eigenvalue weighted by Crippen LogP contribution is 2.22. The van der Waals surface area contributed by atoms with Gasteiger partial charge in [-0.2, -0.15) is 0 Å². The van der Waals surface area contributed by atoms with Gasteiger partial charge in [-0.05, 0) is 43.7 Å². The normalized spacial score (nSPS) is 10.7. The zero-order valence-corrected chi connectivity index (χ0v) is 13.1. The first-order chi connectivity index (χ1) is 10.5. The van der Waals surface area contributed by atoms with Crippen LogP contribution >= 0.6 is 11.6 Å². The van der Waals surface area contributed by atoms with Gasteiger partial charge >= 0.3 is 0 Å². The molecule has 0 aliphatic carbocycles. The monoisotopic (exact) mass is 310 g/mol. The summed E-state index contributed by atoms with van der Waals surface area (Å²) in [5.74, 6) is -0.165. The molecule has 3 nitrogen and oxygen atoms in total.